The van der Waals surface area contributed by atoms with Gasteiger partial charge in [-0.25, -0.2) is 4.98 Å². The van der Waals surface area contributed by atoms with Crippen LogP contribution in [0.15, 0.2) is 35.2 Å². The zero-order valence-electron chi connectivity index (χ0n) is 9.68. The maximum atomic E-state index is 5.25. The highest BCUT2D eigenvalue weighted by Gasteiger charge is 2.06. The van der Waals surface area contributed by atoms with Crippen LogP contribution in [0.3, 0.4) is 0 Å². The Balaban J connectivity index is 1.80. The lowest BCUT2D eigenvalue weighted by molar-refractivity contribution is 0.444. The fourth-order valence-corrected chi connectivity index (χ4v) is 1.77. The lowest BCUT2D eigenvalue weighted by atomic mass is 10.3. The van der Waals surface area contributed by atoms with Gasteiger partial charge in [0.15, 0.2) is 0 Å². The molecule has 4 heteroatoms. The first-order valence-electron chi connectivity index (χ1n) is 5.50. The first kappa shape index (κ1) is 11.0. The number of aromatic nitrogens is 2. The summed E-state index contributed by atoms with van der Waals surface area (Å²) in [7, 11) is 0. The molecule has 4 nitrogen and oxygen atoms in total. The summed E-state index contributed by atoms with van der Waals surface area (Å²) in [6.45, 7) is 5.86. The van der Waals surface area contributed by atoms with Gasteiger partial charge in [0.2, 0.25) is 0 Å². The number of hydrogen-bond donors (Lipinski definition) is 1. The van der Waals surface area contributed by atoms with Crippen LogP contribution in [-0.2, 0) is 6.54 Å². The summed E-state index contributed by atoms with van der Waals surface area (Å²) < 4.78 is 7.41. The second kappa shape index (κ2) is 4.99. The summed E-state index contributed by atoms with van der Waals surface area (Å²) in [6, 6.07) is 4.28. The summed E-state index contributed by atoms with van der Waals surface area (Å²) >= 11 is 0. The van der Waals surface area contributed by atoms with E-state index in [0.29, 0.717) is 6.04 Å². The van der Waals surface area contributed by atoms with Crippen LogP contribution in [0.5, 0.6) is 0 Å². The van der Waals surface area contributed by atoms with Gasteiger partial charge in [0, 0.05) is 25.0 Å². The molecule has 0 aromatic carbocycles. The predicted molar refractivity (Wildman–Crippen MR) is 62.1 cm³/mol. The lowest BCUT2D eigenvalue weighted by Crippen LogP contribution is -2.23. The van der Waals surface area contributed by atoms with Crippen LogP contribution in [0.2, 0.25) is 0 Å². The Kier molecular flexibility index (Phi) is 3.41. The predicted octanol–water partition coefficient (Wildman–Crippen LogP) is 2.14. The number of furan rings is 1. The summed E-state index contributed by atoms with van der Waals surface area (Å²) in [5, 5.41) is 3.36. The highest BCUT2D eigenvalue weighted by molar-refractivity contribution is 4.97. The summed E-state index contributed by atoms with van der Waals surface area (Å²) in [4.78, 5) is 4.21. The molecule has 1 unspecified atom stereocenters. The first-order chi connectivity index (χ1) is 7.77. The maximum absolute atomic E-state index is 5.25. The number of rotatable bonds is 5. The molecular weight excluding hydrogens is 202 g/mol. The Morgan fingerprint density at radius 1 is 1.56 bits per heavy atom. The van der Waals surface area contributed by atoms with Crippen LogP contribution in [0.4, 0.5) is 0 Å². The first-order valence-corrected chi connectivity index (χ1v) is 5.50. The van der Waals surface area contributed by atoms with Gasteiger partial charge in [-0.15, -0.1) is 0 Å². The molecule has 2 rings (SSSR count). The molecule has 0 fully saturated rings. The van der Waals surface area contributed by atoms with Crippen molar-refractivity contribution in [3.63, 3.8) is 0 Å². The minimum Gasteiger partial charge on any atom is -0.468 e. The van der Waals surface area contributed by atoms with E-state index < -0.39 is 0 Å². The van der Waals surface area contributed by atoms with Gasteiger partial charge in [0.05, 0.1) is 12.8 Å². The number of nitrogens with zero attached hydrogens (tertiary/aromatic N) is 2. The monoisotopic (exact) mass is 219 g/mol. The Morgan fingerprint density at radius 3 is 3.06 bits per heavy atom. The highest BCUT2D eigenvalue weighted by atomic mass is 16.3. The summed E-state index contributed by atoms with van der Waals surface area (Å²) in [6.07, 6.45) is 5.54. The third kappa shape index (κ3) is 2.52. The second-order valence-corrected chi connectivity index (χ2v) is 3.94. The molecule has 1 N–H and O–H groups in total. The fourth-order valence-electron chi connectivity index (χ4n) is 1.77. The Morgan fingerprint density at radius 2 is 2.44 bits per heavy atom. The van der Waals surface area contributed by atoms with Crippen LogP contribution in [-0.4, -0.2) is 16.1 Å². The number of nitrogens with one attached hydrogen (secondary N) is 1. The van der Waals surface area contributed by atoms with Crippen LogP contribution in [0, 0.1) is 6.92 Å². The van der Waals surface area contributed by atoms with E-state index in [1.54, 1.807) is 6.26 Å². The third-order valence-corrected chi connectivity index (χ3v) is 2.66. The SMILES string of the molecule is Cc1nccn1C(C)CNCc1ccco1. The topological polar surface area (TPSA) is 43.0 Å². The largest absolute Gasteiger partial charge is 0.468 e. The average molecular weight is 219 g/mol. The van der Waals surface area contributed by atoms with Crippen LogP contribution >= 0.6 is 0 Å². The molecule has 0 spiro atoms. The molecule has 0 aliphatic heterocycles. The van der Waals surface area contributed by atoms with Crippen LogP contribution in [0.1, 0.15) is 24.6 Å². The van der Waals surface area contributed by atoms with E-state index in [-0.39, 0.29) is 0 Å². The van der Waals surface area contributed by atoms with Crippen molar-refractivity contribution >= 4 is 0 Å². The van der Waals surface area contributed by atoms with Gasteiger partial charge in [-0.3, -0.25) is 0 Å². The zero-order chi connectivity index (χ0) is 11.4. The normalized spacial score (nSPS) is 12.9. The van der Waals surface area contributed by atoms with Crippen molar-refractivity contribution < 1.29 is 4.42 Å². The molecule has 0 saturated heterocycles. The highest BCUT2D eigenvalue weighted by Crippen LogP contribution is 2.07. The minimum atomic E-state index is 0.400. The van der Waals surface area contributed by atoms with Crippen molar-refractivity contribution in [2.24, 2.45) is 0 Å². The van der Waals surface area contributed by atoms with Gasteiger partial charge in [-0.05, 0) is 26.0 Å². The smallest absolute Gasteiger partial charge is 0.117 e. The van der Waals surface area contributed by atoms with Crippen molar-refractivity contribution in [2.75, 3.05) is 6.54 Å². The van der Waals surface area contributed by atoms with Crippen LogP contribution < -0.4 is 5.32 Å². The van der Waals surface area contributed by atoms with E-state index >= 15 is 0 Å². The molecule has 0 aliphatic rings. The molecule has 0 bridgehead atoms. The molecule has 2 aromatic rings. The quantitative estimate of drug-likeness (QED) is 0.837. The number of imidazole rings is 1. The van der Waals surface area contributed by atoms with Crippen LogP contribution in [0.25, 0.3) is 0 Å². The maximum Gasteiger partial charge on any atom is 0.117 e. The fraction of sp³-hybridized carbons (Fsp3) is 0.417. The summed E-state index contributed by atoms with van der Waals surface area (Å²) in [5.74, 6) is 2.02. The lowest BCUT2D eigenvalue weighted by Gasteiger charge is -2.15. The van der Waals surface area contributed by atoms with Crippen molar-refractivity contribution in [1.29, 1.82) is 0 Å². The van der Waals surface area contributed by atoms with E-state index in [2.05, 4.69) is 21.8 Å². The van der Waals surface area contributed by atoms with Gasteiger partial charge in [-0.1, -0.05) is 0 Å². The van der Waals surface area contributed by atoms with Gasteiger partial charge < -0.3 is 14.3 Å². The number of aryl methyl sites for hydroxylation is 1. The van der Waals surface area contributed by atoms with Gasteiger partial charge >= 0.3 is 0 Å². The standard InChI is InChI=1S/C12H17N3O/c1-10(15-6-5-14-11(15)2)8-13-9-12-4-3-7-16-12/h3-7,10,13H,8-9H2,1-2H3. The molecule has 0 radical (unpaired) electrons. The Labute approximate surface area is 95.3 Å². The molecular formula is C12H17N3O. The van der Waals surface area contributed by atoms with Crippen molar-refractivity contribution in [3.05, 3.63) is 42.4 Å². The van der Waals surface area contributed by atoms with Crippen molar-refractivity contribution in [2.45, 2.75) is 26.4 Å². The minimum absolute atomic E-state index is 0.400. The Bertz CT molecular complexity index is 419. The van der Waals surface area contributed by atoms with Gasteiger partial charge in [0.1, 0.15) is 11.6 Å². The second-order valence-electron chi connectivity index (χ2n) is 3.94. The Hall–Kier alpha value is -1.55. The molecule has 2 heterocycles. The summed E-state index contributed by atoms with van der Waals surface area (Å²) in [5.41, 5.74) is 0. The molecule has 1 atom stereocenters. The van der Waals surface area contributed by atoms with Gasteiger partial charge in [-0.2, -0.15) is 0 Å². The molecule has 86 valence electrons. The van der Waals surface area contributed by atoms with E-state index in [9.17, 15) is 0 Å². The number of hydrogen-bond acceptors (Lipinski definition) is 3. The van der Waals surface area contributed by atoms with E-state index in [0.717, 1.165) is 24.7 Å². The zero-order valence-corrected chi connectivity index (χ0v) is 9.68. The molecule has 0 aliphatic carbocycles. The van der Waals surface area contributed by atoms with Gasteiger partial charge in [0.25, 0.3) is 0 Å². The van der Waals surface area contributed by atoms with E-state index in [1.807, 2.05) is 31.5 Å². The molecule has 0 saturated carbocycles. The average Bonchev–Trinajstić information content (AvgIpc) is 2.88. The third-order valence-electron chi connectivity index (χ3n) is 2.66. The molecule has 0 amide bonds. The molecule has 16 heavy (non-hydrogen) atoms. The van der Waals surface area contributed by atoms with E-state index in [4.69, 9.17) is 4.42 Å². The van der Waals surface area contributed by atoms with Crippen molar-refractivity contribution in [3.8, 4) is 0 Å². The van der Waals surface area contributed by atoms with E-state index in [1.165, 1.54) is 0 Å². The molecule has 2 aromatic heterocycles. The van der Waals surface area contributed by atoms with Crippen molar-refractivity contribution in [1.82, 2.24) is 14.9 Å².